The van der Waals surface area contributed by atoms with Crippen LogP contribution in [0.3, 0.4) is 0 Å². The topological polar surface area (TPSA) is 54.0 Å². The van der Waals surface area contributed by atoms with Crippen molar-refractivity contribution in [3.63, 3.8) is 0 Å². The number of pyridine rings is 1. The van der Waals surface area contributed by atoms with E-state index in [2.05, 4.69) is 29.5 Å². The lowest BCUT2D eigenvalue weighted by atomic mass is 10.2. The lowest BCUT2D eigenvalue weighted by Crippen LogP contribution is -2.29. The van der Waals surface area contributed by atoms with Crippen molar-refractivity contribution in [2.75, 3.05) is 24.7 Å². The number of hydrogen-bond donors (Lipinski definition) is 2. The van der Waals surface area contributed by atoms with E-state index in [0.29, 0.717) is 17.4 Å². The zero-order chi connectivity index (χ0) is 13.4. The molecule has 5 heteroatoms. The first-order valence-corrected chi connectivity index (χ1v) is 7.47. The molecule has 0 saturated heterocycles. The van der Waals surface area contributed by atoms with Crippen molar-refractivity contribution in [2.45, 2.75) is 25.5 Å². The average molecular weight is 267 g/mol. The van der Waals surface area contributed by atoms with Gasteiger partial charge in [0.1, 0.15) is 5.82 Å². The van der Waals surface area contributed by atoms with Gasteiger partial charge in [0.2, 0.25) is 0 Å². The smallest absolute Gasteiger partial charge is 0.252 e. The van der Waals surface area contributed by atoms with Crippen molar-refractivity contribution in [3.05, 3.63) is 23.9 Å². The van der Waals surface area contributed by atoms with Crippen LogP contribution in [0.15, 0.2) is 18.3 Å². The number of nitrogens with zero attached hydrogens (tertiary/aromatic N) is 1. The molecule has 0 bridgehead atoms. The molecule has 1 rings (SSSR count). The Morgan fingerprint density at radius 2 is 2.28 bits per heavy atom. The van der Waals surface area contributed by atoms with E-state index in [4.69, 9.17) is 0 Å². The summed E-state index contributed by atoms with van der Waals surface area (Å²) in [5.74, 6) is 0.747. The van der Waals surface area contributed by atoms with Crippen LogP contribution in [0, 0.1) is 0 Å². The predicted octanol–water partition coefficient (Wildman–Crippen LogP) is 2.38. The Bertz CT molecular complexity index is 367. The molecule has 4 nitrogen and oxygen atoms in total. The minimum Gasteiger partial charge on any atom is -0.370 e. The minimum atomic E-state index is -0.0644. The van der Waals surface area contributed by atoms with Crippen LogP contribution in [0.4, 0.5) is 5.82 Å². The molecule has 18 heavy (non-hydrogen) atoms. The average Bonchev–Trinajstić information content (AvgIpc) is 2.42. The Morgan fingerprint density at radius 1 is 1.50 bits per heavy atom. The Labute approximate surface area is 113 Å². The van der Waals surface area contributed by atoms with E-state index < -0.39 is 0 Å². The summed E-state index contributed by atoms with van der Waals surface area (Å²) >= 11 is 1.73. The van der Waals surface area contributed by atoms with Crippen molar-refractivity contribution in [1.82, 2.24) is 10.3 Å². The first-order valence-electron chi connectivity index (χ1n) is 6.18. The van der Waals surface area contributed by atoms with Crippen LogP contribution < -0.4 is 10.6 Å². The van der Waals surface area contributed by atoms with Gasteiger partial charge in [-0.25, -0.2) is 4.98 Å². The zero-order valence-corrected chi connectivity index (χ0v) is 12.0. The van der Waals surface area contributed by atoms with Gasteiger partial charge >= 0.3 is 0 Å². The van der Waals surface area contributed by atoms with Crippen LogP contribution >= 0.6 is 11.8 Å². The van der Waals surface area contributed by atoms with E-state index in [-0.39, 0.29) is 5.91 Å². The summed E-state index contributed by atoms with van der Waals surface area (Å²) in [6.45, 7) is 5.75. The molecule has 2 N–H and O–H groups in total. The highest BCUT2D eigenvalue weighted by atomic mass is 32.2. The van der Waals surface area contributed by atoms with Gasteiger partial charge in [0.25, 0.3) is 5.91 Å². The maximum Gasteiger partial charge on any atom is 0.252 e. The summed E-state index contributed by atoms with van der Waals surface area (Å²) in [5.41, 5.74) is 0.602. The second-order valence-electron chi connectivity index (χ2n) is 4.12. The first-order chi connectivity index (χ1) is 8.67. The van der Waals surface area contributed by atoms with Gasteiger partial charge < -0.3 is 10.6 Å². The van der Waals surface area contributed by atoms with Gasteiger partial charge in [-0.05, 0) is 24.8 Å². The number of thioether (sulfide) groups is 1. The second-order valence-corrected chi connectivity index (χ2v) is 5.39. The van der Waals surface area contributed by atoms with Crippen molar-refractivity contribution in [1.29, 1.82) is 0 Å². The molecule has 0 aliphatic heterocycles. The molecule has 0 saturated carbocycles. The molecular formula is C13H21N3OS. The molecule has 1 unspecified atom stereocenters. The fourth-order valence-corrected chi connectivity index (χ4v) is 1.56. The number of nitrogens with one attached hydrogen (secondary N) is 2. The molecular weight excluding hydrogens is 246 g/mol. The van der Waals surface area contributed by atoms with Crippen molar-refractivity contribution >= 4 is 23.5 Å². The van der Waals surface area contributed by atoms with Gasteiger partial charge in [0.05, 0.1) is 5.56 Å². The Balaban J connectivity index is 2.48. The third-order valence-electron chi connectivity index (χ3n) is 2.53. The molecule has 0 fully saturated rings. The summed E-state index contributed by atoms with van der Waals surface area (Å²) < 4.78 is 0. The van der Waals surface area contributed by atoms with Crippen LogP contribution in [-0.4, -0.2) is 35.5 Å². The lowest BCUT2D eigenvalue weighted by molar-refractivity contribution is 0.0954. The van der Waals surface area contributed by atoms with E-state index >= 15 is 0 Å². The summed E-state index contributed by atoms with van der Waals surface area (Å²) in [6.07, 6.45) is 4.69. The molecule has 1 aromatic heterocycles. The molecule has 1 amide bonds. The SMILES string of the molecule is CCCNc1ccc(C(=O)NCC(C)SC)cn1. The molecule has 0 spiro atoms. The number of hydrogen-bond acceptors (Lipinski definition) is 4. The molecule has 1 atom stereocenters. The number of rotatable bonds is 7. The lowest BCUT2D eigenvalue weighted by Gasteiger charge is -2.10. The molecule has 0 aliphatic carbocycles. The van der Waals surface area contributed by atoms with Crippen LogP contribution in [-0.2, 0) is 0 Å². The molecule has 100 valence electrons. The van der Waals surface area contributed by atoms with E-state index in [1.807, 2.05) is 12.3 Å². The fraction of sp³-hybridized carbons (Fsp3) is 0.538. The highest BCUT2D eigenvalue weighted by molar-refractivity contribution is 7.99. The highest BCUT2D eigenvalue weighted by Crippen LogP contribution is 2.06. The van der Waals surface area contributed by atoms with Gasteiger partial charge in [0.15, 0.2) is 0 Å². The van der Waals surface area contributed by atoms with Crippen molar-refractivity contribution in [2.24, 2.45) is 0 Å². The van der Waals surface area contributed by atoms with Gasteiger partial charge in [-0.1, -0.05) is 13.8 Å². The van der Waals surface area contributed by atoms with Crippen LogP contribution in [0.25, 0.3) is 0 Å². The monoisotopic (exact) mass is 267 g/mol. The van der Waals surface area contributed by atoms with Crippen molar-refractivity contribution < 1.29 is 4.79 Å². The molecule has 0 aliphatic rings. The minimum absolute atomic E-state index is 0.0644. The van der Waals surface area contributed by atoms with Crippen LogP contribution in [0.2, 0.25) is 0 Å². The van der Waals surface area contributed by atoms with Gasteiger partial charge in [-0.3, -0.25) is 4.79 Å². The summed E-state index contributed by atoms with van der Waals surface area (Å²) in [5, 5.41) is 6.49. The van der Waals surface area contributed by atoms with E-state index in [1.54, 1.807) is 24.0 Å². The second kappa shape index (κ2) is 7.97. The highest BCUT2D eigenvalue weighted by Gasteiger charge is 2.07. The van der Waals surface area contributed by atoms with Crippen LogP contribution in [0.5, 0.6) is 0 Å². The van der Waals surface area contributed by atoms with E-state index in [9.17, 15) is 4.79 Å². The van der Waals surface area contributed by atoms with Crippen molar-refractivity contribution in [3.8, 4) is 0 Å². The van der Waals surface area contributed by atoms with Gasteiger partial charge in [-0.15, -0.1) is 0 Å². The number of carbonyl (C=O) groups is 1. The van der Waals surface area contributed by atoms with E-state index in [0.717, 1.165) is 18.8 Å². The molecule has 1 aromatic rings. The molecule has 0 radical (unpaired) electrons. The molecule has 1 heterocycles. The number of amides is 1. The summed E-state index contributed by atoms with van der Waals surface area (Å²) in [6, 6.07) is 3.63. The Hall–Kier alpha value is -1.23. The van der Waals surface area contributed by atoms with E-state index in [1.165, 1.54) is 0 Å². The summed E-state index contributed by atoms with van der Waals surface area (Å²) in [4.78, 5) is 16.0. The zero-order valence-electron chi connectivity index (χ0n) is 11.2. The number of aromatic nitrogens is 1. The van der Waals surface area contributed by atoms with Gasteiger partial charge in [-0.2, -0.15) is 11.8 Å². The normalized spacial score (nSPS) is 11.9. The largest absolute Gasteiger partial charge is 0.370 e. The molecule has 0 aromatic carbocycles. The quantitative estimate of drug-likeness (QED) is 0.796. The van der Waals surface area contributed by atoms with Crippen LogP contribution in [0.1, 0.15) is 30.6 Å². The Kier molecular flexibility index (Phi) is 6.57. The number of carbonyl (C=O) groups excluding carboxylic acids is 1. The third kappa shape index (κ3) is 4.96. The maximum absolute atomic E-state index is 11.8. The standard InChI is InChI=1S/C13H21N3OS/c1-4-7-14-12-6-5-11(9-15-12)13(17)16-8-10(2)18-3/h5-6,9-10H,4,7-8H2,1-3H3,(H,14,15)(H,16,17). The van der Waals surface area contributed by atoms with Gasteiger partial charge in [0, 0.05) is 24.5 Å². The number of anilines is 1. The maximum atomic E-state index is 11.8. The Morgan fingerprint density at radius 3 is 2.83 bits per heavy atom. The first kappa shape index (κ1) is 14.8. The summed E-state index contributed by atoms with van der Waals surface area (Å²) in [7, 11) is 0. The third-order valence-corrected chi connectivity index (χ3v) is 3.51. The fourth-order valence-electron chi connectivity index (χ4n) is 1.31. The predicted molar refractivity (Wildman–Crippen MR) is 78.3 cm³/mol.